The molecular weight excluding hydrogens is 484 g/mol. The molecule has 1 N–H and O–H groups in total. The lowest BCUT2D eigenvalue weighted by atomic mass is 10.1. The van der Waals surface area contributed by atoms with Crippen LogP contribution < -0.4 is 14.8 Å². The van der Waals surface area contributed by atoms with Crippen molar-refractivity contribution in [2.75, 3.05) is 5.32 Å². The molecule has 8 nitrogen and oxygen atoms in total. The number of furan rings is 1. The summed E-state index contributed by atoms with van der Waals surface area (Å²) in [6.45, 7) is 5.87. The van der Waals surface area contributed by atoms with Crippen LogP contribution in [0.3, 0.4) is 0 Å². The van der Waals surface area contributed by atoms with Crippen LogP contribution in [-0.2, 0) is 6.61 Å². The van der Waals surface area contributed by atoms with E-state index in [1.54, 1.807) is 31.2 Å². The maximum absolute atomic E-state index is 12.8. The van der Waals surface area contributed by atoms with Gasteiger partial charge in [0.15, 0.2) is 5.76 Å². The van der Waals surface area contributed by atoms with Gasteiger partial charge in [0, 0.05) is 17.2 Å². The van der Waals surface area contributed by atoms with Crippen LogP contribution in [0, 0.1) is 30.9 Å². The first-order valence-electron chi connectivity index (χ1n) is 11.0. The van der Waals surface area contributed by atoms with E-state index < -0.39 is 10.8 Å². The number of hydrogen-bond acceptors (Lipinski definition) is 6. The van der Waals surface area contributed by atoms with E-state index in [4.69, 9.17) is 25.5 Å². The van der Waals surface area contributed by atoms with Crippen molar-refractivity contribution < 1.29 is 23.6 Å². The van der Waals surface area contributed by atoms with Gasteiger partial charge in [0.05, 0.1) is 16.7 Å². The second-order valence-corrected chi connectivity index (χ2v) is 8.70. The van der Waals surface area contributed by atoms with Gasteiger partial charge in [-0.1, -0.05) is 23.7 Å². The van der Waals surface area contributed by atoms with E-state index in [2.05, 4.69) is 5.32 Å². The van der Waals surface area contributed by atoms with Crippen LogP contribution in [0.15, 0.2) is 71.1 Å². The Bertz CT molecular complexity index is 1450. The van der Waals surface area contributed by atoms with Gasteiger partial charge in [-0.05, 0) is 73.9 Å². The highest BCUT2D eigenvalue weighted by molar-refractivity contribution is 6.30. The minimum absolute atomic E-state index is 0.0390. The zero-order valence-electron chi connectivity index (χ0n) is 19.8. The fourth-order valence-electron chi connectivity index (χ4n) is 3.46. The molecule has 4 rings (SSSR count). The van der Waals surface area contributed by atoms with Crippen LogP contribution in [0.25, 0.3) is 0 Å². The Balaban J connectivity index is 1.48. The van der Waals surface area contributed by atoms with Gasteiger partial charge in [0.1, 0.15) is 29.6 Å². The molecule has 1 heterocycles. The molecule has 1 amide bonds. The van der Waals surface area contributed by atoms with E-state index in [0.29, 0.717) is 16.5 Å². The molecule has 0 unspecified atom stereocenters. The number of carbonyl (C=O) groups excluding carboxylic acids is 1. The number of nitrogens with one attached hydrogen (secondary N) is 1. The molecule has 1 aromatic heterocycles. The summed E-state index contributed by atoms with van der Waals surface area (Å²) in [5.41, 5.74) is 2.76. The van der Waals surface area contributed by atoms with Crippen molar-refractivity contribution in [2.24, 2.45) is 0 Å². The Kier molecular flexibility index (Phi) is 7.26. The number of ether oxygens (including phenoxy) is 2. The number of rotatable bonds is 8. The predicted octanol–water partition coefficient (Wildman–Crippen LogP) is 7.39. The van der Waals surface area contributed by atoms with Gasteiger partial charge < -0.3 is 19.2 Å². The zero-order chi connectivity index (χ0) is 25.8. The fraction of sp³-hybridized carbons (Fsp3) is 0.148. The second kappa shape index (κ2) is 10.5. The van der Waals surface area contributed by atoms with E-state index in [1.165, 1.54) is 24.3 Å². The Labute approximate surface area is 212 Å². The fourth-order valence-corrected chi connectivity index (χ4v) is 3.68. The van der Waals surface area contributed by atoms with E-state index in [9.17, 15) is 14.9 Å². The summed E-state index contributed by atoms with van der Waals surface area (Å²) in [6.07, 6.45) is 0. The maximum atomic E-state index is 12.8. The van der Waals surface area contributed by atoms with Crippen molar-refractivity contribution in [3.05, 3.63) is 110 Å². The highest BCUT2D eigenvalue weighted by Crippen LogP contribution is 2.32. The number of anilines is 1. The monoisotopic (exact) mass is 506 g/mol. The van der Waals surface area contributed by atoms with Crippen molar-refractivity contribution in [1.29, 1.82) is 0 Å². The number of carbonyl (C=O) groups is 1. The van der Waals surface area contributed by atoms with E-state index in [-0.39, 0.29) is 29.5 Å². The summed E-state index contributed by atoms with van der Waals surface area (Å²) in [5.74, 6) is 1.34. The quantitative estimate of drug-likeness (QED) is 0.197. The predicted molar refractivity (Wildman–Crippen MR) is 136 cm³/mol. The average molecular weight is 507 g/mol. The van der Waals surface area contributed by atoms with Crippen molar-refractivity contribution in [2.45, 2.75) is 27.4 Å². The van der Waals surface area contributed by atoms with Gasteiger partial charge in [-0.3, -0.25) is 14.9 Å². The molecule has 0 aliphatic heterocycles. The number of amides is 1. The third kappa shape index (κ3) is 6.03. The number of non-ortho nitro benzene ring substituents is 1. The first-order chi connectivity index (χ1) is 17.2. The molecule has 36 heavy (non-hydrogen) atoms. The number of nitro groups is 1. The van der Waals surface area contributed by atoms with E-state index in [1.807, 2.05) is 32.0 Å². The third-order valence-electron chi connectivity index (χ3n) is 5.32. The number of hydrogen-bond donors (Lipinski definition) is 1. The number of aryl methyl sites for hydroxylation is 3. The molecule has 3 aromatic carbocycles. The lowest BCUT2D eigenvalue weighted by molar-refractivity contribution is -0.384. The van der Waals surface area contributed by atoms with Gasteiger partial charge in [0.2, 0.25) is 0 Å². The van der Waals surface area contributed by atoms with Crippen LogP contribution in [-0.4, -0.2) is 10.8 Å². The normalized spacial score (nSPS) is 10.7. The summed E-state index contributed by atoms with van der Waals surface area (Å²) >= 11 is 5.98. The molecule has 0 bridgehead atoms. The number of halogens is 1. The van der Waals surface area contributed by atoms with Gasteiger partial charge in [-0.15, -0.1) is 0 Å². The van der Waals surface area contributed by atoms with Crippen LogP contribution in [0.5, 0.6) is 17.2 Å². The highest BCUT2D eigenvalue weighted by Gasteiger charge is 2.17. The first kappa shape index (κ1) is 24.8. The standard InChI is InChI=1S/C27H23ClN2O6/c1-16-4-5-17(2)26(10-16)34-15-22-7-9-25(35-22)27(31)29-20-12-21(30(32)33)14-23(13-20)36-24-8-6-19(28)11-18(24)3/h4-14H,15H2,1-3H3,(H,29,31). The molecule has 0 saturated carbocycles. The molecule has 0 saturated heterocycles. The Morgan fingerprint density at radius 1 is 0.972 bits per heavy atom. The minimum atomic E-state index is -0.567. The summed E-state index contributed by atoms with van der Waals surface area (Å²) in [5, 5.41) is 14.6. The Morgan fingerprint density at radius 2 is 1.78 bits per heavy atom. The Morgan fingerprint density at radius 3 is 2.53 bits per heavy atom. The molecule has 0 radical (unpaired) electrons. The van der Waals surface area contributed by atoms with Gasteiger partial charge in [-0.2, -0.15) is 0 Å². The molecule has 184 valence electrons. The molecule has 0 atom stereocenters. The lowest BCUT2D eigenvalue weighted by Gasteiger charge is -2.11. The summed E-state index contributed by atoms with van der Waals surface area (Å²) < 4.78 is 17.3. The second-order valence-electron chi connectivity index (χ2n) is 8.26. The van der Waals surface area contributed by atoms with E-state index >= 15 is 0 Å². The molecule has 0 aliphatic carbocycles. The van der Waals surface area contributed by atoms with Crippen LogP contribution in [0.2, 0.25) is 5.02 Å². The largest absolute Gasteiger partial charge is 0.485 e. The first-order valence-corrected chi connectivity index (χ1v) is 11.4. The zero-order valence-corrected chi connectivity index (χ0v) is 20.6. The highest BCUT2D eigenvalue weighted by atomic mass is 35.5. The summed E-state index contributed by atoms with van der Waals surface area (Å²) in [7, 11) is 0. The van der Waals surface area contributed by atoms with Gasteiger partial charge in [0.25, 0.3) is 11.6 Å². The van der Waals surface area contributed by atoms with Gasteiger partial charge >= 0.3 is 0 Å². The third-order valence-corrected chi connectivity index (χ3v) is 5.56. The smallest absolute Gasteiger partial charge is 0.291 e. The van der Waals surface area contributed by atoms with E-state index in [0.717, 1.165) is 22.4 Å². The van der Waals surface area contributed by atoms with Crippen LogP contribution in [0.4, 0.5) is 11.4 Å². The van der Waals surface area contributed by atoms with Crippen molar-refractivity contribution in [1.82, 2.24) is 0 Å². The number of nitro benzene ring substituents is 1. The van der Waals surface area contributed by atoms with Crippen molar-refractivity contribution in [3.63, 3.8) is 0 Å². The topological polar surface area (TPSA) is 104 Å². The molecule has 0 aliphatic rings. The number of nitrogens with zero attached hydrogens (tertiary/aromatic N) is 1. The summed E-state index contributed by atoms with van der Waals surface area (Å²) in [6, 6.07) is 18.1. The minimum Gasteiger partial charge on any atom is -0.485 e. The van der Waals surface area contributed by atoms with Crippen molar-refractivity contribution >= 4 is 28.9 Å². The van der Waals surface area contributed by atoms with Gasteiger partial charge in [-0.25, -0.2) is 0 Å². The summed E-state index contributed by atoms with van der Waals surface area (Å²) in [4.78, 5) is 23.7. The average Bonchev–Trinajstić information content (AvgIpc) is 3.31. The SMILES string of the molecule is Cc1ccc(C)c(OCc2ccc(C(=O)Nc3cc(Oc4ccc(Cl)cc4C)cc([N+](=O)[O-])c3)o2)c1. The van der Waals surface area contributed by atoms with Crippen LogP contribution in [0.1, 0.15) is 33.0 Å². The van der Waals surface area contributed by atoms with Crippen LogP contribution >= 0.6 is 11.6 Å². The molecule has 0 fully saturated rings. The molecule has 9 heteroatoms. The molecule has 0 spiro atoms. The molecule has 4 aromatic rings. The number of benzene rings is 3. The molecular formula is C27H23ClN2O6. The maximum Gasteiger partial charge on any atom is 0.291 e. The Hall–Kier alpha value is -4.30. The lowest BCUT2D eigenvalue weighted by Crippen LogP contribution is -2.11. The van der Waals surface area contributed by atoms with Crippen molar-refractivity contribution in [3.8, 4) is 17.2 Å².